The van der Waals surface area contributed by atoms with Crippen LogP contribution in [0.25, 0.3) is 0 Å². The summed E-state index contributed by atoms with van der Waals surface area (Å²) in [5.41, 5.74) is 8.38. The Morgan fingerprint density at radius 3 is 2.44 bits per heavy atom. The van der Waals surface area contributed by atoms with Crippen LogP contribution in [0.4, 0.5) is 0 Å². The highest BCUT2D eigenvalue weighted by molar-refractivity contribution is 6.32. The van der Waals surface area contributed by atoms with Gasteiger partial charge in [0.05, 0.1) is 11.6 Å². The molecule has 0 saturated carbocycles. The quantitative estimate of drug-likeness (QED) is 0.860. The number of rotatable bonds is 6. The predicted octanol–water partition coefficient (Wildman–Crippen LogP) is 4.00. The van der Waals surface area contributed by atoms with Crippen molar-refractivity contribution >= 4 is 24.0 Å². The van der Waals surface area contributed by atoms with Gasteiger partial charge in [0.1, 0.15) is 5.75 Å². The summed E-state index contributed by atoms with van der Waals surface area (Å²) in [6.07, 6.45) is 2.75. The van der Waals surface area contributed by atoms with Gasteiger partial charge in [-0.05, 0) is 43.4 Å². The van der Waals surface area contributed by atoms with E-state index in [1.54, 1.807) is 0 Å². The molecule has 1 atom stereocenters. The van der Waals surface area contributed by atoms with Crippen LogP contribution in [0.1, 0.15) is 38.3 Å². The van der Waals surface area contributed by atoms with Gasteiger partial charge in [-0.15, -0.1) is 12.4 Å². The van der Waals surface area contributed by atoms with Crippen molar-refractivity contribution in [2.24, 2.45) is 5.73 Å². The molecule has 0 bridgehead atoms. The minimum Gasteiger partial charge on any atom is -0.492 e. The number of hydrogen-bond acceptors (Lipinski definition) is 2. The van der Waals surface area contributed by atoms with Crippen LogP contribution >= 0.6 is 24.0 Å². The Balaban J connectivity index is 0.00000289. The second kappa shape index (κ2) is 8.63. The van der Waals surface area contributed by atoms with Crippen molar-refractivity contribution in [2.75, 3.05) is 6.61 Å². The van der Waals surface area contributed by atoms with E-state index in [0.717, 1.165) is 30.6 Å². The molecule has 0 spiro atoms. The molecular weight excluding hydrogens is 269 g/mol. The molecule has 0 heterocycles. The van der Waals surface area contributed by atoms with Crippen molar-refractivity contribution in [2.45, 2.75) is 46.1 Å². The van der Waals surface area contributed by atoms with Gasteiger partial charge in [0.15, 0.2) is 0 Å². The van der Waals surface area contributed by atoms with Crippen LogP contribution in [-0.2, 0) is 12.8 Å². The molecule has 2 nitrogen and oxygen atoms in total. The van der Waals surface area contributed by atoms with Crippen LogP contribution < -0.4 is 10.5 Å². The van der Waals surface area contributed by atoms with Crippen LogP contribution in [0.3, 0.4) is 0 Å². The second-order valence-corrected chi connectivity index (χ2v) is 4.63. The highest BCUT2D eigenvalue weighted by Gasteiger charge is 2.12. The van der Waals surface area contributed by atoms with Gasteiger partial charge in [0.25, 0.3) is 0 Å². The smallest absolute Gasteiger partial charge is 0.141 e. The van der Waals surface area contributed by atoms with E-state index in [4.69, 9.17) is 22.1 Å². The third-order valence-corrected chi connectivity index (χ3v) is 3.16. The molecule has 4 heteroatoms. The lowest BCUT2D eigenvalue weighted by atomic mass is 10.0. The summed E-state index contributed by atoms with van der Waals surface area (Å²) in [5, 5.41) is 0.699. The second-order valence-electron chi connectivity index (χ2n) is 4.22. The Hall–Kier alpha value is -0.440. The van der Waals surface area contributed by atoms with Crippen molar-refractivity contribution in [3.05, 3.63) is 28.3 Å². The van der Waals surface area contributed by atoms with Crippen molar-refractivity contribution in [3.63, 3.8) is 0 Å². The van der Waals surface area contributed by atoms with E-state index in [1.165, 1.54) is 5.56 Å². The van der Waals surface area contributed by atoms with Gasteiger partial charge >= 0.3 is 0 Å². The maximum atomic E-state index is 6.25. The molecule has 0 saturated heterocycles. The van der Waals surface area contributed by atoms with Gasteiger partial charge < -0.3 is 10.5 Å². The molecule has 0 fully saturated rings. The molecule has 104 valence electrons. The minimum absolute atomic E-state index is 0. The zero-order valence-electron chi connectivity index (χ0n) is 11.3. The first-order chi connectivity index (χ1) is 8.12. The van der Waals surface area contributed by atoms with Gasteiger partial charge in [0, 0.05) is 6.04 Å². The standard InChI is InChI=1S/C14H22ClNO.ClH/c1-4-10-7-11(9-12(16)5-2)14(17-6-3)13(15)8-10;/h7-8,12H,4-6,9,16H2,1-3H3;1H. The predicted molar refractivity (Wildman–Crippen MR) is 81.2 cm³/mol. The molecule has 2 N–H and O–H groups in total. The first-order valence-electron chi connectivity index (χ1n) is 6.31. The number of ether oxygens (including phenoxy) is 1. The Morgan fingerprint density at radius 1 is 1.28 bits per heavy atom. The Bertz CT molecular complexity index is 369. The third-order valence-electron chi connectivity index (χ3n) is 2.88. The lowest BCUT2D eigenvalue weighted by Crippen LogP contribution is -2.22. The zero-order chi connectivity index (χ0) is 12.8. The van der Waals surface area contributed by atoms with E-state index in [0.29, 0.717) is 11.6 Å². The van der Waals surface area contributed by atoms with Crippen molar-refractivity contribution in [1.29, 1.82) is 0 Å². The topological polar surface area (TPSA) is 35.2 Å². The summed E-state index contributed by atoms with van der Waals surface area (Å²) < 4.78 is 5.63. The Morgan fingerprint density at radius 2 is 1.94 bits per heavy atom. The van der Waals surface area contributed by atoms with Crippen LogP contribution in [-0.4, -0.2) is 12.6 Å². The maximum Gasteiger partial charge on any atom is 0.141 e. The van der Waals surface area contributed by atoms with E-state index < -0.39 is 0 Å². The average Bonchev–Trinajstić information content (AvgIpc) is 2.32. The fourth-order valence-corrected chi connectivity index (χ4v) is 2.12. The summed E-state index contributed by atoms with van der Waals surface area (Å²) in [6.45, 7) is 6.80. The van der Waals surface area contributed by atoms with Crippen molar-refractivity contribution in [1.82, 2.24) is 0 Å². The molecule has 0 amide bonds. The van der Waals surface area contributed by atoms with Crippen molar-refractivity contribution < 1.29 is 4.74 Å². The molecule has 0 aliphatic carbocycles. The van der Waals surface area contributed by atoms with Crippen LogP contribution in [0, 0.1) is 0 Å². The number of benzene rings is 1. The fraction of sp³-hybridized carbons (Fsp3) is 0.571. The molecule has 0 aliphatic rings. The van der Waals surface area contributed by atoms with Crippen LogP contribution in [0.2, 0.25) is 5.02 Å². The monoisotopic (exact) mass is 291 g/mol. The first-order valence-corrected chi connectivity index (χ1v) is 6.69. The van der Waals surface area contributed by atoms with Crippen LogP contribution in [0.5, 0.6) is 5.75 Å². The van der Waals surface area contributed by atoms with Gasteiger partial charge in [-0.2, -0.15) is 0 Å². The summed E-state index contributed by atoms with van der Waals surface area (Å²) in [4.78, 5) is 0. The number of aryl methyl sites for hydroxylation is 1. The molecule has 0 aliphatic heterocycles. The third kappa shape index (κ3) is 4.68. The van der Waals surface area contributed by atoms with Gasteiger partial charge in [-0.25, -0.2) is 0 Å². The van der Waals surface area contributed by atoms with E-state index >= 15 is 0 Å². The highest BCUT2D eigenvalue weighted by atomic mass is 35.5. The minimum atomic E-state index is 0. The SMILES string of the molecule is CCOc1c(Cl)cc(CC)cc1CC(N)CC.Cl. The van der Waals surface area contributed by atoms with E-state index in [9.17, 15) is 0 Å². The number of hydrogen-bond donors (Lipinski definition) is 1. The van der Waals surface area contributed by atoms with Gasteiger partial charge in [-0.1, -0.05) is 31.5 Å². The van der Waals surface area contributed by atoms with E-state index in [2.05, 4.69) is 19.9 Å². The normalized spacial score (nSPS) is 11.8. The molecule has 1 aromatic rings. The van der Waals surface area contributed by atoms with Crippen molar-refractivity contribution in [3.8, 4) is 5.75 Å². The molecule has 0 radical (unpaired) electrons. The molecule has 0 aromatic heterocycles. The number of halogens is 2. The largest absolute Gasteiger partial charge is 0.492 e. The molecular formula is C14H23Cl2NO. The Kier molecular flexibility index (Phi) is 8.41. The first kappa shape index (κ1) is 17.6. The lowest BCUT2D eigenvalue weighted by molar-refractivity contribution is 0.335. The molecule has 18 heavy (non-hydrogen) atoms. The Labute approximate surface area is 121 Å². The van der Waals surface area contributed by atoms with Crippen LogP contribution in [0.15, 0.2) is 12.1 Å². The summed E-state index contributed by atoms with van der Waals surface area (Å²) in [5.74, 6) is 0.801. The summed E-state index contributed by atoms with van der Waals surface area (Å²) in [7, 11) is 0. The molecule has 1 rings (SSSR count). The van der Waals surface area contributed by atoms with Gasteiger partial charge in [0.2, 0.25) is 0 Å². The average molecular weight is 292 g/mol. The number of nitrogens with two attached hydrogens (primary N) is 1. The fourth-order valence-electron chi connectivity index (χ4n) is 1.80. The van der Waals surface area contributed by atoms with E-state index in [1.807, 2.05) is 13.0 Å². The highest BCUT2D eigenvalue weighted by Crippen LogP contribution is 2.31. The summed E-state index contributed by atoms with van der Waals surface area (Å²) in [6, 6.07) is 4.30. The molecule has 1 aromatic carbocycles. The zero-order valence-corrected chi connectivity index (χ0v) is 12.9. The maximum absolute atomic E-state index is 6.25. The molecule has 1 unspecified atom stereocenters. The van der Waals surface area contributed by atoms with E-state index in [-0.39, 0.29) is 18.4 Å². The van der Waals surface area contributed by atoms with Gasteiger partial charge in [-0.3, -0.25) is 0 Å². The summed E-state index contributed by atoms with van der Waals surface area (Å²) >= 11 is 6.25. The lowest BCUT2D eigenvalue weighted by Gasteiger charge is -2.16.